The van der Waals surface area contributed by atoms with Crippen molar-refractivity contribution in [1.82, 2.24) is 4.90 Å². The largest absolute Gasteiger partial charge is 0.456 e. The van der Waals surface area contributed by atoms with Gasteiger partial charge in [-0.2, -0.15) is 0 Å². The minimum absolute atomic E-state index is 0.0101. The third-order valence-electron chi connectivity index (χ3n) is 7.62. The van der Waals surface area contributed by atoms with Gasteiger partial charge in [0.1, 0.15) is 11.2 Å². The molecule has 1 aliphatic heterocycles. The summed E-state index contributed by atoms with van der Waals surface area (Å²) in [7, 11) is 0. The van der Waals surface area contributed by atoms with E-state index < -0.39 is 0 Å². The van der Waals surface area contributed by atoms with Crippen molar-refractivity contribution in [3.63, 3.8) is 0 Å². The van der Waals surface area contributed by atoms with Gasteiger partial charge in [-0.05, 0) is 79.6 Å². The predicted octanol–water partition coefficient (Wildman–Crippen LogP) is 6.54. The summed E-state index contributed by atoms with van der Waals surface area (Å²) in [6.45, 7) is 3.37. The van der Waals surface area contributed by atoms with E-state index in [1.807, 2.05) is 72.5 Å². The number of hydrogen-bond donors (Lipinski definition) is 1. The first-order valence-corrected chi connectivity index (χ1v) is 12.5. The highest BCUT2D eigenvalue weighted by Gasteiger charge is 2.58. The van der Waals surface area contributed by atoms with E-state index in [0.717, 1.165) is 62.5 Å². The molecule has 1 aliphatic carbocycles. The van der Waals surface area contributed by atoms with Crippen molar-refractivity contribution in [3.8, 4) is 0 Å². The fourth-order valence-electron chi connectivity index (χ4n) is 5.50. The summed E-state index contributed by atoms with van der Waals surface area (Å²) in [5.41, 5.74) is 4.23. The van der Waals surface area contributed by atoms with E-state index >= 15 is 0 Å². The Kier molecular flexibility index (Phi) is 5.03. The van der Waals surface area contributed by atoms with Gasteiger partial charge in [0, 0.05) is 45.5 Å². The highest BCUT2D eigenvalue weighted by atomic mass is 79.9. The van der Waals surface area contributed by atoms with Crippen molar-refractivity contribution in [2.45, 2.75) is 26.2 Å². The van der Waals surface area contributed by atoms with Gasteiger partial charge in [0.2, 0.25) is 5.91 Å². The topological polar surface area (TPSA) is 62.6 Å². The number of amides is 2. The van der Waals surface area contributed by atoms with E-state index in [4.69, 9.17) is 4.42 Å². The number of halogens is 1. The number of carbonyl (C=O) groups is 2. The van der Waals surface area contributed by atoms with Crippen molar-refractivity contribution in [3.05, 3.63) is 76.3 Å². The summed E-state index contributed by atoms with van der Waals surface area (Å²) in [6, 6.07) is 19.5. The van der Waals surface area contributed by atoms with Crippen molar-refractivity contribution in [2.24, 2.45) is 11.3 Å². The molecule has 0 bridgehead atoms. The highest BCUT2D eigenvalue weighted by Crippen LogP contribution is 2.59. The van der Waals surface area contributed by atoms with E-state index in [1.165, 1.54) is 0 Å². The van der Waals surface area contributed by atoms with Gasteiger partial charge in [-0.3, -0.25) is 9.59 Å². The first kappa shape index (κ1) is 21.4. The van der Waals surface area contributed by atoms with Crippen molar-refractivity contribution in [1.29, 1.82) is 0 Å². The van der Waals surface area contributed by atoms with Crippen LogP contribution in [-0.4, -0.2) is 29.8 Å². The molecule has 4 aromatic rings. The number of rotatable bonds is 3. The van der Waals surface area contributed by atoms with Gasteiger partial charge in [0.15, 0.2) is 0 Å². The van der Waals surface area contributed by atoms with Gasteiger partial charge in [-0.15, -0.1) is 0 Å². The summed E-state index contributed by atoms with van der Waals surface area (Å²) >= 11 is 3.46. The van der Waals surface area contributed by atoms with Gasteiger partial charge in [-0.25, -0.2) is 0 Å². The summed E-state index contributed by atoms with van der Waals surface area (Å²) in [4.78, 5) is 28.0. The van der Waals surface area contributed by atoms with Crippen LogP contribution in [0.3, 0.4) is 0 Å². The standard InChI is InChI=1S/C28H25BrN2O3/c1-17-14-18(29)6-8-20(17)27(33)31-12-10-28(11-13-31)16-23(28)26(32)30-19-7-9-25-22(15-19)21-4-2-3-5-24(21)34-25/h2-9,14-15,23H,10-13,16H2,1H3,(H,30,32). The Morgan fingerprint density at radius 3 is 2.56 bits per heavy atom. The van der Waals surface area contributed by atoms with Crippen LogP contribution in [0.4, 0.5) is 5.69 Å². The number of nitrogens with zero attached hydrogens (tertiary/aromatic N) is 1. The number of hydrogen-bond acceptors (Lipinski definition) is 3. The van der Waals surface area contributed by atoms with E-state index in [9.17, 15) is 9.59 Å². The van der Waals surface area contributed by atoms with Gasteiger partial charge in [0.05, 0.1) is 0 Å². The number of fused-ring (bicyclic) bond motifs is 3. The van der Waals surface area contributed by atoms with Crippen LogP contribution in [0, 0.1) is 18.3 Å². The van der Waals surface area contributed by atoms with Crippen molar-refractivity contribution in [2.75, 3.05) is 18.4 Å². The number of likely N-dealkylation sites (tertiary alicyclic amines) is 1. The molecule has 6 rings (SSSR count). The minimum Gasteiger partial charge on any atom is -0.456 e. The third-order valence-corrected chi connectivity index (χ3v) is 8.11. The summed E-state index contributed by atoms with van der Waals surface area (Å²) in [5.74, 6) is 0.175. The molecule has 0 radical (unpaired) electrons. The molecule has 3 aromatic carbocycles. The molecular formula is C28H25BrN2O3. The second kappa shape index (κ2) is 7.98. The van der Waals surface area contributed by atoms with Crippen molar-refractivity contribution >= 4 is 55.4 Å². The molecule has 2 fully saturated rings. The normalized spacial score (nSPS) is 19.0. The lowest BCUT2D eigenvalue weighted by Gasteiger charge is -2.33. The molecule has 1 saturated heterocycles. The van der Waals surface area contributed by atoms with Crippen LogP contribution in [0.15, 0.2) is 69.6 Å². The number of para-hydroxylation sites is 1. The smallest absolute Gasteiger partial charge is 0.254 e. The van der Waals surface area contributed by atoms with Crippen LogP contribution in [0.5, 0.6) is 0 Å². The molecule has 1 saturated carbocycles. The summed E-state index contributed by atoms with van der Waals surface area (Å²) < 4.78 is 6.87. The molecule has 2 amide bonds. The van der Waals surface area contributed by atoms with Gasteiger partial charge in [0.25, 0.3) is 5.91 Å². The lowest BCUT2D eigenvalue weighted by atomic mass is 9.90. The van der Waals surface area contributed by atoms with Gasteiger partial charge in [-0.1, -0.05) is 34.1 Å². The Balaban J connectivity index is 1.11. The fraction of sp³-hybridized carbons (Fsp3) is 0.286. The van der Waals surface area contributed by atoms with E-state index in [0.29, 0.717) is 13.1 Å². The fourth-order valence-corrected chi connectivity index (χ4v) is 5.97. The van der Waals surface area contributed by atoms with E-state index in [2.05, 4.69) is 21.2 Å². The molecule has 172 valence electrons. The number of anilines is 1. The average molecular weight is 517 g/mol. The van der Waals surface area contributed by atoms with E-state index in [1.54, 1.807) is 0 Å². The molecular weight excluding hydrogens is 492 g/mol. The average Bonchev–Trinajstić information content (AvgIpc) is 3.40. The number of nitrogens with one attached hydrogen (secondary N) is 1. The predicted molar refractivity (Wildman–Crippen MR) is 137 cm³/mol. The maximum absolute atomic E-state index is 13.1. The Hall–Kier alpha value is -3.12. The lowest BCUT2D eigenvalue weighted by molar-refractivity contribution is -0.118. The molecule has 34 heavy (non-hydrogen) atoms. The Morgan fingerprint density at radius 2 is 1.76 bits per heavy atom. The quantitative estimate of drug-likeness (QED) is 0.336. The van der Waals surface area contributed by atoms with E-state index in [-0.39, 0.29) is 23.1 Å². The maximum Gasteiger partial charge on any atom is 0.254 e. The summed E-state index contributed by atoms with van der Waals surface area (Å²) in [6.07, 6.45) is 2.64. The number of piperidine rings is 1. The van der Waals surface area contributed by atoms with Gasteiger partial charge < -0.3 is 14.6 Å². The first-order valence-electron chi connectivity index (χ1n) is 11.7. The number of benzene rings is 3. The number of carbonyl (C=O) groups excluding carboxylic acids is 2. The maximum atomic E-state index is 13.1. The first-order chi connectivity index (χ1) is 16.4. The zero-order valence-electron chi connectivity index (χ0n) is 18.9. The molecule has 2 aliphatic rings. The highest BCUT2D eigenvalue weighted by molar-refractivity contribution is 9.10. The van der Waals surface area contributed by atoms with Crippen LogP contribution >= 0.6 is 15.9 Å². The molecule has 6 heteroatoms. The molecule has 2 heterocycles. The second-order valence-corrected chi connectivity index (χ2v) is 10.6. The SMILES string of the molecule is Cc1cc(Br)ccc1C(=O)N1CCC2(CC1)CC2C(=O)Nc1ccc2oc3ccccc3c2c1. The molecule has 1 unspecified atom stereocenters. The molecule has 1 aromatic heterocycles. The number of furan rings is 1. The molecule has 1 N–H and O–H groups in total. The monoisotopic (exact) mass is 516 g/mol. The zero-order valence-corrected chi connectivity index (χ0v) is 20.5. The lowest BCUT2D eigenvalue weighted by Crippen LogP contribution is -2.40. The van der Waals surface area contributed by atoms with Crippen molar-refractivity contribution < 1.29 is 14.0 Å². The van der Waals surface area contributed by atoms with Crippen LogP contribution < -0.4 is 5.32 Å². The second-order valence-electron chi connectivity index (χ2n) is 9.67. The van der Waals surface area contributed by atoms with Gasteiger partial charge >= 0.3 is 0 Å². The van der Waals surface area contributed by atoms with Crippen LogP contribution in [0.25, 0.3) is 21.9 Å². The molecule has 1 atom stereocenters. The Morgan fingerprint density at radius 1 is 1.00 bits per heavy atom. The molecule has 1 spiro atoms. The summed E-state index contributed by atoms with van der Waals surface area (Å²) in [5, 5.41) is 5.19. The Bertz CT molecular complexity index is 1450. The van der Waals surface area contributed by atoms with Crippen LogP contribution in [-0.2, 0) is 4.79 Å². The minimum atomic E-state index is 0.0101. The zero-order chi connectivity index (χ0) is 23.4. The third kappa shape index (κ3) is 3.61. The molecule has 5 nitrogen and oxygen atoms in total. The van der Waals surface area contributed by atoms with Crippen LogP contribution in [0.1, 0.15) is 35.2 Å². The van der Waals surface area contributed by atoms with Crippen LogP contribution in [0.2, 0.25) is 0 Å². The number of aryl methyl sites for hydroxylation is 1. The Labute approximate surface area is 206 Å².